The predicted molar refractivity (Wildman–Crippen MR) is 63.1 cm³/mol. The first-order valence-corrected chi connectivity index (χ1v) is 6.37. The number of carbonyl (C=O) groups excluding carboxylic acids is 1. The average Bonchev–Trinajstić information content (AvgIpc) is 3.21. The first-order chi connectivity index (χ1) is 8.10. The van der Waals surface area contributed by atoms with Gasteiger partial charge in [0.05, 0.1) is 6.07 Å². The average molecular weight is 236 g/mol. The van der Waals surface area contributed by atoms with Crippen LogP contribution in [0.2, 0.25) is 0 Å². The molecule has 0 N–H and O–H groups in total. The zero-order valence-electron chi connectivity index (χ0n) is 10.6. The lowest BCUT2D eigenvalue weighted by atomic mass is 9.80. The number of rotatable bonds is 3. The highest BCUT2D eigenvalue weighted by Gasteiger charge is 2.44. The number of nitriles is 1. The molecule has 2 aliphatic rings. The van der Waals surface area contributed by atoms with Crippen LogP contribution in [0.1, 0.15) is 32.6 Å². The Bertz CT molecular complexity index is 338. The molecular formula is C13H20N2O2. The van der Waals surface area contributed by atoms with Crippen LogP contribution >= 0.6 is 0 Å². The number of nitrogens with zero attached hydrogens (tertiary/aromatic N) is 2. The van der Waals surface area contributed by atoms with Gasteiger partial charge >= 0.3 is 0 Å². The third-order valence-electron chi connectivity index (χ3n) is 4.21. The summed E-state index contributed by atoms with van der Waals surface area (Å²) in [4.78, 5) is 14.3. The lowest BCUT2D eigenvalue weighted by molar-refractivity contribution is -0.144. The summed E-state index contributed by atoms with van der Waals surface area (Å²) < 4.78 is 5.25. The van der Waals surface area contributed by atoms with Gasteiger partial charge in [0, 0.05) is 26.3 Å². The van der Waals surface area contributed by atoms with Gasteiger partial charge in [0.2, 0.25) is 5.91 Å². The van der Waals surface area contributed by atoms with Gasteiger partial charge in [-0.2, -0.15) is 5.26 Å². The Labute approximate surface area is 103 Å². The summed E-state index contributed by atoms with van der Waals surface area (Å²) >= 11 is 0. The Kier molecular flexibility index (Phi) is 3.39. The second-order valence-corrected chi connectivity index (χ2v) is 5.30. The molecule has 17 heavy (non-hydrogen) atoms. The van der Waals surface area contributed by atoms with Crippen LogP contribution in [0.15, 0.2) is 0 Å². The normalized spacial score (nSPS) is 24.8. The molecule has 0 radical (unpaired) electrons. The van der Waals surface area contributed by atoms with E-state index in [1.807, 2.05) is 7.05 Å². The molecule has 0 aromatic rings. The van der Waals surface area contributed by atoms with Crippen molar-refractivity contribution in [3.05, 3.63) is 0 Å². The lowest BCUT2D eigenvalue weighted by Crippen LogP contribution is -2.48. The van der Waals surface area contributed by atoms with Crippen LogP contribution in [0.5, 0.6) is 0 Å². The molecule has 1 aliphatic heterocycles. The maximum Gasteiger partial charge on any atom is 0.243 e. The fraction of sp³-hybridized carbons (Fsp3) is 0.846. The molecule has 0 spiro atoms. The van der Waals surface area contributed by atoms with E-state index in [0.717, 1.165) is 0 Å². The lowest BCUT2D eigenvalue weighted by Gasteiger charge is -2.35. The summed E-state index contributed by atoms with van der Waals surface area (Å²) in [7, 11) is 1.83. The van der Waals surface area contributed by atoms with Gasteiger partial charge < -0.3 is 9.64 Å². The van der Waals surface area contributed by atoms with Gasteiger partial charge in [-0.05, 0) is 38.5 Å². The molecule has 4 nitrogen and oxygen atoms in total. The summed E-state index contributed by atoms with van der Waals surface area (Å²) in [5.74, 6) is 0.627. The summed E-state index contributed by atoms with van der Waals surface area (Å²) in [6.07, 6.45) is 3.48. The van der Waals surface area contributed by atoms with Crippen LogP contribution in [-0.2, 0) is 9.53 Å². The molecule has 0 aromatic carbocycles. The Morgan fingerprint density at radius 1 is 1.47 bits per heavy atom. The van der Waals surface area contributed by atoms with E-state index in [9.17, 15) is 10.1 Å². The molecule has 1 saturated heterocycles. The molecule has 1 aliphatic carbocycles. The fourth-order valence-corrected chi connectivity index (χ4v) is 2.51. The van der Waals surface area contributed by atoms with Gasteiger partial charge in [-0.25, -0.2) is 0 Å². The van der Waals surface area contributed by atoms with Crippen LogP contribution in [-0.4, -0.2) is 37.1 Å². The molecule has 4 heteroatoms. The predicted octanol–water partition coefficient (Wildman–Crippen LogP) is 1.56. The van der Waals surface area contributed by atoms with Crippen molar-refractivity contribution >= 4 is 5.91 Å². The molecule has 1 heterocycles. The van der Waals surface area contributed by atoms with Crippen molar-refractivity contribution in [1.82, 2.24) is 4.90 Å². The third-order valence-corrected chi connectivity index (χ3v) is 4.21. The van der Waals surface area contributed by atoms with E-state index in [4.69, 9.17) is 4.74 Å². The van der Waals surface area contributed by atoms with Crippen molar-refractivity contribution in [3.8, 4) is 6.07 Å². The van der Waals surface area contributed by atoms with Crippen molar-refractivity contribution in [3.63, 3.8) is 0 Å². The van der Waals surface area contributed by atoms with E-state index in [2.05, 4.69) is 13.0 Å². The SMILES string of the molecule is CC(C1CC1)N(C)C(=O)C1(C#N)CCOCC1. The van der Waals surface area contributed by atoms with Crippen LogP contribution in [0, 0.1) is 22.7 Å². The van der Waals surface area contributed by atoms with Crippen LogP contribution in [0.4, 0.5) is 0 Å². The quantitative estimate of drug-likeness (QED) is 0.747. The summed E-state index contributed by atoms with van der Waals surface area (Å²) in [5, 5.41) is 9.34. The minimum absolute atomic E-state index is 0.0114. The van der Waals surface area contributed by atoms with Gasteiger partial charge in [0.15, 0.2) is 0 Å². The van der Waals surface area contributed by atoms with Crippen molar-refractivity contribution in [2.24, 2.45) is 11.3 Å². The van der Waals surface area contributed by atoms with E-state index >= 15 is 0 Å². The number of ether oxygens (including phenoxy) is 1. The van der Waals surface area contributed by atoms with Crippen LogP contribution in [0.3, 0.4) is 0 Å². The minimum Gasteiger partial charge on any atom is -0.381 e. The Balaban J connectivity index is 2.08. The molecule has 1 unspecified atom stereocenters. The largest absolute Gasteiger partial charge is 0.381 e. The van der Waals surface area contributed by atoms with Crippen molar-refractivity contribution in [1.29, 1.82) is 5.26 Å². The van der Waals surface area contributed by atoms with E-state index in [-0.39, 0.29) is 11.9 Å². The van der Waals surface area contributed by atoms with Crippen LogP contribution in [0.25, 0.3) is 0 Å². The van der Waals surface area contributed by atoms with E-state index in [1.165, 1.54) is 12.8 Å². The molecule has 0 bridgehead atoms. The van der Waals surface area contributed by atoms with Crippen molar-refractivity contribution in [2.45, 2.75) is 38.6 Å². The molecule has 2 fully saturated rings. The Hall–Kier alpha value is -1.08. The molecule has 1 atom stereocenters. The standard InChI is InChI=1S/C13H20N2O2/c1-10(11-3-4-11)15(2)12(16)13(9-14)5-7-17-8-6-13/h10-11H,3-8H2,1-2H3. The third kappa shape index (κ3) is 2.30. The minimum atomic E-state index is -0.837. The molecule has 94 valence electrons. The summed E-state index contributed by atoms with van der Waals surface area (Å²) in [5.41, 5.74) is -0.837. The van der Waals surface area contributed by atoms with Gasteiger partial charge in [0.1, 0.15) is 5.41 Å². The number of hydrogen-bond donors (Lipinski definition) is 0. The maximum absolute atomic E-state index is 12.5. The number of hydrogen-bond acceptors (Lipinski definition) is 3. The number of amides is 1. The highest BCUT2D eigenvalue weighted by Crippen LogP contribution is 2.38. The second kappa shape index (κ2) is 4.66. The van der Waals surface area contributed by atoms with Crippen LogP contribution < -0.4 is 0 Å². The molecule has 0 aromatic heterocycles. The van der Waals surface area contributed by atoms with Gasteiger partial charge in [-0.3, -0.25) is 4.79 Å². The highest BCUT2D eigenvalue weighted by atomic mass is 16.5. The zero-order chi connectivity index (χ0) is 12.5. The van der Waals surface area contributed by atoms with Crippen molar-refractivity contribution in [2.75, 3.05) is 20.3 Å². The van der Waals surface area contributed by atoms with Crippen molar-refractivity contribution < 1.29 is 9.53 Å². The van der Waals surface area contributed by atoms with Gasteiger partial charge in [-0.1, -0.05) is 0 Å². The van der Waals surface area contributed by atoms with E-state index < -0.39 is 5.41 Å². The first-order valence-electron chi connectivity index (χ1n) is 6.37. The first kappa shape index (κ1) is 12.4. The van der Waals surface area contributed by atoms with Gasteiger partial charge in [0.25, 0.3) is 0 Å². The molecule has 2 rings (SSSR count). The van der Waals surface area contributed by atoms with E-state index in [0.29, 0.717) is 32.0 Å². The fourth-order valence-electron chi connectivity index (χ4n) is 2.51. The molecular weight excluding hydrogens is 216 g/mol. The smallest absolute Gasteiger partial charge is 0.243 e. The monoisotopic (exact) mass is 236 g/mol. The summed E-state index contributed by atoms with van der Waals surface area (Å²) in [6, 6.07) is 2.50. The molecule has 1 saturated carbocycles. The van der Waals surface area contributed by atoms with E-state index in [1.54, 1.807) is 4.90 Å². The van der Waals surface area contributed by atoms with Gasteiger partial charge in [-0.15, -0.1) is 0 Å². The molecule has 1 amide bonds. The number of carbonyl (C=O) groups is 1. The topological polar surface area (TPSA) is 53.3 Å². The maximum atomic E-state index is 12.5. The highest BCUT2D eigenvalue weighted by molar-refractivity contribution is 5.85. The zero-order valence-corrected chi connectivity index (χ0v) is 10.6. The Morgan fingerprint density at radius 3 is 2.53 bits per heavy atom. The second-order valence-electron chi connectivity index (χ2n) is 5.30. The Morgan fingerprint density at radius 2 is 2.06 bits per heavy atom. The summed E-state index contributed by atoms with van der Waals surface area (Å²) in [6.45, 7) is 3.12.